The van der Waals surface area contributed by atoms with E-state index in [1.807, 2.05) is 30.3 Å². The predicted octanol–water partition coefficient (Wildman–Crippen LogP) is 7.35. The highest BCUT2D eigenvalue weighted by Gasteiger charge is 2.18. The van der Waals surface area contributed by atoms with Crippen molar-refractivity contribution in [3.63, 3.8) is 0 Å². The van der Waals surface area contributed by atoms with Crippen LogP contribution >= 0.6 is 0 Å². The zero-order chi connectivity index (χ0) is 20.3. The number of carbonyl (C=O) groups excluding carboxylic acids is 1. The van der Waals surface area contributed by atoms with Crippen LogP contribution in [0.4, 0.5) is 0 Å². The highest BCUT2D eigenvalue weighted by atomic mass is 16.6. The molecule has 0 aliphatic carbocycles. The molecule has 1 N–H and O–H groups in total. The van der Waals surface area contributed by atoms with Crippen molar-refractivity contribution in [3.8, 4) is 0 Å². The van der Waals surface area contributed by atoms with Gasteiger partial charge in [-0.3, -0.25) is 9.63 Å². The lowest BCUT2D eigenvalue weighted by Gasteiger charge is -2.17. The lowest BCUT2D eigenvalue weighted by atomic mass is 9.93. The molecule has 0 saturated heterocycles. The zero-order valence-electron chi connectivity index (χ0n) is 18.4. The summed E-state index contributed by atoms with van der Waals surface area (Å²) in [6.45, 7) is 4.92. The number of hydrogen-bond donors (Lipinski definition) is 1. The van der Waals surface area contributed by atoms with Gasteiger partial charge in [0.25, 0.3) is 0 Å². The minimum absolute atomic E-state index is 0.0676. The topological polar surface area (TPSA) is 38.3 Å². The Labute approximate surface area is 173 Å². The number of amides is 1. The first-order chi connectivity index (χ1) is 13.8. The summed E-state index contributed by atoms with van der Waals surface area (Å²) in [5.41, 5.74) is 3.79. The van der Waals surface area contributed by atoms with Gasteiger partial charge >= 0.3 is 0 Å². The SMILES string of the molecule is CCCCCCCCC(CCCCCCCC)C(=O)NOCc1ccccc1. The van der Waals surface area contributed by atoms with Gasteiger partial charge in [0, 0.05) is 5.92 Å². The van der Waals surface area contributed by atoms with Crippen molar-refractivity contribution >= 4 is 5.91 Å². The van der Waals surface area contributed by atoms with Crippen molar-refractivity contribution in [2.24, 2.45) is 5.92 Å². The third-order valence-corrected chi connectivity index (χ3v) is 5.44. The van der Waals surface area contributed by atoms with E-state index in [-0.39, 0.29) is 11.8 Å². The van der Waals surface area contributed by atoms with E-state index < -0.39 is 0 Å². The summed E-state index contributed by atoms with van der Waals surface area (Å²) >= 11 is 0. The Bertz CT molecular complexity index is 459. The molecule has 1 aromatic rings. The minimum Gasteiger partial charge on any atom is -0.273 e. The molecule has 0 aliphatic heterocycles. The maximum atomic E-state index is 12.6. The molecule has 1 amide bonds. The second kappa shape index (κ2) is 17.7. The zero-order valence-corrected chi connectivity index (χ0v) is 18.4. The quantitative estimate of drug-likeness (QED) is 0.210. The van der Waals surface area contributed by atoms with Crippen LogP contribution in [0.15, 0.2) is 30.3 Å². The molecule has 0 heterocycles. The number of rotatable bonds is 18. The highest BCUT2D eigenvalue weighted by molar-refractivity contribution is 5.77. The molecule has 3 nitrogen and oxygen atoms in total. The lowest BCUT2D eigenvalue weighted by molar-refractivity contribution is -0.139. The molecule has 1 rings (SSSR count). The second-order valence-electron chi connectivity index (χ2n) is 8.05. The summed E-state index contributed by atoms with van der Waals surface area (Å²) in [6.07, 6.45) is 17.2. The largest absolute Gasteiger partial charge is 0.273 e. The Morgan fingerprint density at radius 2 is 1.29 bits per heavy atom. The van der Waals surface area contributed by atoms with Crippen LogP contribution in [0.3, 0.4) is 0 Å². The van der Waals surface area contributed by atoms with Gasteiger partial charge in [0.15, 0.2) is 0 Å². The van der Waals surface area contributed by atoms with Crippen LogP contribution in [0.2, 0.25) is 0 Å². The Balaban J connectivity index is 2.31. The summed E-state index contributed by atoms with van der Waals surface area (Å²) in [7, 11) is 0. The molecule has 28 heavy (non-hydrogen) atoms. The molecule has 0 bridgehead atoms. The van der Waals surface area contributed by atoms with Crippen molar-refractivity contribution in [1.82, 2.24) is 5.48 Å². The molecular weight excluding hydrogens is 346 g/mol. The highest BCUT2D eigenvalue weighted by Crippen LogP contribution is 2.19. The fourth-order valence-corrected chi connectivity index (χ4v) is 3.60. The summed E-state index contributed by atoms with van der Waals surface area (Å²) < 4.78 is 0. The van der Waals surface area contributed by atoms with Crippen LogP contribution in [0.25, 0.3) is 0 Å². The van der Waals surface area contributed by atoms with E-state index >= 15 is 0 Å². The average molecular weight is 390 g/mol. The van der Waals surface area contributed by atoms with E-state index in [4.69, 9.17) is 4.84 Å². The molecule has 0 spiro atoms. The van der Waals surface area contributed by atoms with E-state index in [2.05, 4.69) is 19.3 Å². The first kappa shape index (κ1) is 24.7. The maximum Gasteiger partial charge on any atom is 0.246 e. The molecule has 3 heteroatoms. The number of hydrogen-bond acceptors (Lipinski definition) is 2. The van der Waals surface area contributed by atoms with Gasteiger partial charge in [-0.1, -0.05) is 121 Å². The first-order valence-electron chi connectivity index (χ1n) is 11.7. The van der Waals surface area contributed by atoms with Gasteiger partial charge in [0.1, 0.15) is 0 Å². The molecule has 1 aromatic carbocycles. The first-order valence-corrected chi connectivity index (χ1v) is 11.7. The van der Waals surface area contributed by atoms with Crippen molar-refractivity contribution in [1.29, 1.82) is 0 Å². The van der Waals surface area contributed by atoms with Crippen LogP contribution in [0.1, 0.15) is 109 Å². The summed E-state index contributed by atoms with van der Waals surface area (Å²) in [6, 6.07) is 9.98. The van der Waals surface area contributed by atoms with Crippen LogP contribution in [-0.4, -0.2) is 5.91 Å². The van der Waals surface area contributed by atoms with Gasteiger partial charge in [0.05, 0.1) is 6.61 Å². The van der Waals surface area contributed by atoms with Crippen LogP contribution < -0.4 is 5.48 Å². The lowest BCUT2D eigenvalue weighted by Crippen LogP contribution is -2.31. The molecule has 0 radical (unpaired) electrons. The molecule has 0 aliphatic rings. The van der Waals surface area contributed by atoms with Gasteiger partial charge in [-0.15, -0.1) is 0 Å². The third kappa shape index (κ3) is 12.9. The molecule has 0 aromatic heterocycles. The monoisotopic (exact) mass is 389 g/mol. The van der Waals surface area contributed by atoms with E-state index in [1.165, 1.54) is 64.2 Å². The fourth-order valence-electron chi connectivity index (χ4n) is 3.60. The normalized spacial score (nSPS) is 11.1. The van der Waals surface area contributed by atoms with Crippen LogP contribution in [0, 0.1) is 5.92 Å². The van der Waals surface area contributed by atoms with E-state index in [0.29, 0.717) is 6.61 Å². The van der Waals surface area contributed by atoms with Gasteiger partial charge in [0.2, 0.25) is 5.91 Å². The summed E-state index contributed by atoms with van der Waals surface area (Å²) in [5.74, 6) is 0.158. The van der Waals surface area contributed by atoms with Crippen LogP contribution in [0.5, 0.6) is 0 Å². The molecule has 0 fully saturated rings. The number of hydroxylamine groups is 1. The Morgan fingerprint density at radius 1 is 0.786 bits per heavy atom. The molecular formula is C25H43NO2. The standard InChI is InChI=1S/C25H43NO2/c1-3-5-7-9-11-16-20-24(21-17-12-10-8-6-4-2)25(27)26-28-22-23-18-14-13-15-19-23/h13-15,18-19,24H,3-12,16-17,20-22H2,1-2H3,(H,26,27). The molecule has 0 atom stereocenters. The second-order valence-corrected chi connectivity index (χ2v) is 8.05. The average Bonchev–Trinajstić information content (AvgIpc) is 2.72. The van der Waals surface area contributed by atoms with Gasteiger partial charge < -0.3 is 0 Å². The van der Waals surface area contributed by atoms with Crippen LogP contribution in [-0.2, 0) is 16.2 Å². The minimum atomic E-state index is 0.0676. The summed E-state index contributed by atoms with van der Waals surface area (Å²) in [5, 5.41) is 0. The maximum absolute atomic E-state index is 12.6. The smallest absolute Gasteiger partial charge is 0.246 e. The summed E-state index contributed by atoms with van der Waals surface area (Å²) in [4.78, 5) is 18.1. The predicted molar refractivity (Wildman–Crippen MR) is 119 cm³/mol. The Morgan fingerprint density at radius 3 is 1.82 bits per heavy atom. The van der Waals surface area contributed by atoms with Crippen molar-refractivity contribution in [2.75, 3.05) is 0 Å². The fraction of sp³-hybridized carbons (Fsp3) is 0.720. The van der Waals surface area contributed by atoms with E-state index in [0.717, 1.165) is 31.2 Å². The van der Waals surface area contributed by atoms with Gasteiger partial charge in [-0.05, 0) is 18.4 Å². The molecule has 0 saturated carbocycles. The van der Waals surface area contributed by atoms with E-state index in [9.17, 15) is 4.79 Å². The van der Waals surface area contributed by atoms with Crippen molar-refractivity contribution < 1.29 is 9.63 Å². The van der Waals surface area contributed by atoms with Crippen molar-refractivity contribution in [3.05, 3.63) is 35.9 Å². The van der Waals surface area contributed by atoms with E-state index in [1.54, 1.807) is 0 Å². The van der Waals surface area contributed by atoms with Crippen molar-refractivity contribution in [2.45, 2.75) is 110 Å². The van der Waals surface area contributed by atoms with Gasteiger partial charge in [-0.25, -0.2) is 5.48 Å². The number of unbranched alkanes of at least 4 members (excludes halogenated alkanes) is 10. The number of nitrogens with one attached hydrogen (secondary N) is 1. The Hall–Kier alpha value is -1.35. The third-order valence-electron chi connectivity index (χ3n) is 5.44. The number of carbonyl (C=O) groups is 1. The molecule has 0 unspecified atom stereocenters. The van der Waals surface area contributed by atoms with Gasteiger partial charge in [-0.2, -0.15) is 0 Å². The molecule has 160 valence electrons. The Kier molecular flexibility index (Phi) is 15.6. The number of benzene rings is 1.